The highest BCUT2D eigenvalue weighted by atomic mass is 19.2. The lowest BCUT2D eigenvalue weighted by atomic mass is 9.96. The van der Waals surface area contributed by atoms with Gasteiger partial charge in [0.1, 0.15) is 0 Å². The number of carboxylic acid groups (broad SMARTS) is 1. The Balaban J connectivity index is 2.90. The second kappa shape index (κ2) is 4.89. The minimum atomic E-state index is -1.86. The predicted molar refractivity (Wildman–Crippen MR) is 63.7 cm³/mol. The van der Waals surface area contributed by atoms with Crippen LogP contribution in [0.25, 0.3) is 11.1 Å². The van der Waals surface area contributed by atoms with Gasteiger partial charge in [-0.3, -0.25) is 0 Å². The molecule has 0 aliphatic carbocycles. The minimum Gasteiger partial charge on any atom is -0.504 e. The average Bonchev–Trinajstić information content (AvgIpc) is 2.43. The van der Waals surface area contributed by atoms with Crippen molar-refractivity contribution in [3.05, 3.63) is 41.2 Å². The summed E-state index contributed by atoms with van der Waals surface area (Å²) >= 11 is 0. The van der Waals surface area contributed by atoms with E-state index < -0.39 is 57.4 Å². The van der Waals surface area contributed by atoms with Crippen LogP contribution in [-0.4, -0.2) is 26.4 Å². The lowest BCUT2D eigenvalue weighted by molar-refractivity contribution is 0.0696. The summed E-state index contributed by atoms with van der Waals surface area (Å²) in [5.41, 5.74) is -2.36. The number of hydrogen-bond donors (Lipinski definition) is 4. The number of phenolic OH excluding ortho intramolecular Hbond substituents is 3. The zero-order chi connectivity index (χ0) is 15.9. The molecule has 0 saturated carbocycles. The third kappa shape index (κ3) is 2.20. The van der Waals surface area contributed by atoms with Crippen LogP contribution in [0, 0.1) is 17.5 Å². The highest BCUT2D eigenvalue weighted by Crippen LogP contribution is 2.45. The van der Waals surface area contributed by atoms with E-state index in [0.29, 0.717) is 18.2 Å². The second-order valence-corrected chi connectivity index (χ2v) is 4.04. The summed E-state index contributed by atoms with van der Waals surface area (Å²) in [5.74, 6) is -10.0. The van der Waals surface area contributed by atoms with Crippen molar-refractivity contribution in [3.63, 3.8) is 0 Å². The van der Waals surface area contributed by atoms with Gasteiger partial charge in [-0.2, -0.15) is 0 Å². The first-order chi connectivity index (χ1) is 9.75. The van der Waals surface area contributed by atoms with Gasteiger partial charge in [0.05, 0.1) is 5.56 Å². The molecule has 0 saturated heterocycles. The summed E-state index contributed by atoms with van der Waals surface area (Å²) in [7, 11) is 0. The first kappa shape index (κ1) is 14.5. The average molecular weight is 300 g/mol. The summed E-state index contributed by atoms with van der Waals surface area (Å²) in [6.45, 7) is 0. The van der Waals surface area contributed by atoms with Gasteiger partial charge >= 0.3 is 5.97 Å². The van der Waals surface area contributed by atoms with Gasteiger partial charge in [0.15, 0.2) is 29.0 Å². The van der Waals surface area contributed by atoms with E-state index in [4.69, 9.17) is 5.11 Å². The smallest absolute Gasteiger partial charge is 0.336 e. The molecule has 0 atom stereocenters. The van der Waals surface area contributed by atoms with Gasteiger partial charge in [0.2, 0.25) is 5.75 Å². The summed E-state index contributed by atoms with van der Waals surface area (Å²) in [5, 5.41) is 37.3. The molecule has 2 rings (SSSR count). The van der Waals surface area contributed by atoms with Crippen molar-refractivity contribution in [2.45, 2.75) is 0 Å². The molecule has 110 valence electrons. The van der Waals surface area contributed by atoms with E-state index in [0.717, 1.165) is 0 Å². The standard InChI is InChI=1S/C13H7F3O5/c14-6-2-1-4(9(15)10(6)16)8-5(13(20)21)3-7(17)11(18)12(8)19/h1-3,17-19H,(H,20,21). The Morgan fingerprint density at radius 2 is 1.57 bits per heavy atom. The molecule has 8 heteroatoms. The summed E-state index contributed by atoms with van der Waals surface area (Å²) < 4.78 is 39.9. The molecular weight excluding hydrogens is 293 g/mol. The molecule has 2 aromatic carbocycles. The Bertz CT molecular complexity index is 758. The number of aromatic carboxylic acids is 1. The number of carbonyl (C=O) groups is 1. The number of aromatic hydroxyl groups is 3. The molecule has 0 aliphatic heterocycles. The first-order valence-corrected chi connectivity index (χ1v) is 5.40. The third-order valence-corrected chi connectivity index (χ3v) is 2.79. The van der Waals surface area contributed by atoms with Gasteiger partial charge in [-0.1, -0.05) is 0 Å². The molecular formula is C13H7F3O5. The molecule has 21 heavy (non-hydrogen) atoms. The largest absolute Gasteiger partial charge is 0.504 e. The highest BCUT2D eigenvalue weighted by Gasteiger charge is 2.26. The Morgan fingerprint density at radius 1 is 0.952 bits per heavy atom. The molecule has 0 radical (unpaired) electrons. The van der Waals surface area contributed by atoms with Crippen LogP contribution >= 0.6 is 0 Å². The van der Waals surface area contributed by atoms with Gasteiger partial charge in [-0.05, 0) is 18.2 Å². The van der Waals surface area contributed by atoms with E-state index >= 15 is 0 Å². The van der Waals surface area contributed by atoms with Crippen molar-refractivity contribution in [2.24, 2.45) is 0 Å². The van der Waals surface area contributed by atoms with Crippen LogP contribution in [0.3, 0.4) is 0 Å². The number of benzene rings is 2. The Labute approximate surface area is 115 Å². The van der Waals surface area contributed by atoms with Crippen LogP contribution in [-0.2, 0) is 0 Å². The van der Waals surface area contributed by atoms with Crippen LogP contribution < -0.4 is 0 Å². The van der Waals surface area contributed by atoms with Gasteiger partial charge in [-0.15, -0.1) is 0 Å². The van der Waals surface area contributed by atoms with E-state index in [1.54, 1.807) is 0 Å². The van der Waals surface area contributed by atoms with Crippen molar-refractivity contribution in [1.82, 2.24) is 0 Å². The Kier molecular flexibility index (Phi) is 3.38. The number of rotatable bonds is 2. The van der Waals surface area contributed by atoms with E-state index in [9.17, 15) is 33.3 Å². The SMILES string of the molecule is O=C(O)c1cc(O)c(O)c(O)c1-c1ccc(F)c(F)c1F. The molecule has 0 spiro atoms. The Hall–Kier alpha value is -2.90. The van der Waals surface area contributed by atoms with Crippen LogP contribution in [0.1, 0.15) is 10.4 Å². The maximum Gasteiger partial charge on any atom is 0.336 e. The van der Waals surface area contributed by atoms with Crippen molar-refractivity contribution in [3.8, 4) is 28.4 Å². The van der Waals surface area contributed by atoms with E-state index in [1.165, 1.54) is 0 Å². The zero-order valence-electron chi connectivity index (χ0n) is 10.1. The van der Waals surface area contributed by atoms with Crippen molar-refractivity contribution >= 4 is 5.97 Å². The normalized spacial score (nSPS) is 10.6. The molecule has 2 aromatic rings. The third-order valence-electron chi connectivity index (χ3n) is 2.79. The van der Waals surface area contributed by atoms with Crippen molar-refractivity contribution < 1.29 is 38.4 Å². The van der Waals surface area contributed by atoms with E-state index in [1.807, 2.05) is 0 Å². The fourth-order valence-electron chi connectivity index (χ4n) is 1.80. The first-order valence-electron chi connectivity index (χ1n) is 5.40. The second-order valence-electron chi connectivity index (χ2n) is 4.04. The zero-order valence-corrected chi connectivity index (χ0v) is 10.1. The highest BCUT2D eigenvalue weighted by molar-refractivity contribution is 5.99. The van der Waals surface area contributed by atoms with Crippen molar-refractivity contribution in [1.29, 1.82) is 0 Å². The maximum atomic E-state index is 13.7. The molecule has 0 aliphatic rings. The van der Waals surface area contributed by atoms with E-state index in [2.05, 4.69) is 0 Å². The molecule has 0 bridgehead atoms. The van der Waals surface area contributed by atoms with Crippen LogP contribution in [0.4, 0.5) is 13.2 Å². The molecule has 0 fully saturated rings. The van der Waals surface area contributed by atoms with Crippen molar-refractivity contribution in [2.75, 3.05) is 0 Å². The summed E-state index contributed by atoms with van der Waals surface area (Å²) in [6, 6.07) is 1.78. The van der Waals surface area contributed by atoms with Gasteiger partial charge < -0.3 is 20.4 Å². The number of hydrogen-bond acceptors (Lipinski definition) is 4. The molecule has 5 nitrogen and oxygen atoms in total. The topological polar surface area (TPSA) is 98.0 Å². The quantitative estimate of drug-likeness (QED) is 0.505. The minimum absolute atomic E-state index is 0.530. The molecule has 0 unspecified atom stereocenters. The maximum absolute atomic E-state index is 13.7. The van der Waals surface area contributed by atoms with Gasteiger partial charge in [0, 0.05) is 11.1 Å². The molecule has 0 aromatic heterocycles. The lowest BCUT2D eigenvalue weighted by Crippen LogP contribution is -2.03. The molecule has 0 heterocycles. The van der Waals surface area contributed by atoms with Crippen LogP contribution in [0.5, 0.6) is 17.2 Å². The number of phenols is 3. The molecule has 4 N–H and O–H groups in total. The number of carboxylic acids is 1. The fraction of sp³-hybridized carbons (Fsp3) is 0. The molecule has 0 amide bonds. The predicted octanol–water partition coefficient (Wildman–Crippen LogP) is 2.59. The monoisotopic (exact) mass is 300 g/mol. The Morgan fingerprint density at radius 3 is 2.14 bits per heavy atom. The summed E-state index contributed by atoms with van der Waals surface area (Å²) in [6.07, 6.45) is 0. The van der Waals surface area contributed by atoms with E-state index in [-0.39, 0.29) is 0 Å². The van der Waals surface area contributed by atoms with Crippen LogP contribution in [0.15, 0.2) is 18.2 Å². The van der Waals surface area contributed by atoms with Crippen LogP contribution in [0.2, 0.25) is 0 Å². The van der Waals surface area contributed by atoms with Gasteiger partial charge in [0.25, 0.3) is 0 Å². The fourth-order valence-corrected chi connectivity index (χ4v) is 1.80. The summed E-state index contributed by atoms with van der Waals surface area (Å²) in [4.78, 5) is 11.1. The lowest BCUT2D eigenvalue weighted by Gasteiger charge is -2.12. The number of halogens is 3. The van der Waals surface area contributed by atoms with Gasteiger partial charge in [-0.25, -0.2) is 18.0 Å².